The van der Waals surface area contributed by atoms with Crippen LogP contribution < -0.4 is 16.4 Å². The van der Waals surface area contributed by atoms with Gasteiger partial charge in [0.1, 0.15) is 5.82 Å². The van der Waals surface area contributed by atoms with E-state index in [2.05, 4.69) is 20.8 Å². The van der Waals surface area contributed by atoms with Crippen LogP contribution in [0, 0.1) is 5.82 Å². The van der Waals surface area contributed by atoms with Crippen LogP contribution in [0.5, 0.6) is 0 Å². The van der Waals surface area contributed by atoms with E-state index in [1.807, 2.05) is 0 Å². The number of hydrogen-bond acceptors (Lipinski definition) is 5. The van der Waals surface area contributed by atoms with Gasteiger partial charge >= 0.3 is 6.03 Å². The third-order valence-electron chi connectivity index (χ3n) is 3.93. The second-order valence-electron chi connectivity index (χ2n) is 5.68. The van der Waals surface area contributed by atoms with Crippen molar-refractivity contribution in [3.05, 3.63) is 47.4 Å². The van der Waals surface area contributed by atoms with E-state index in [1.165, 1.54) is 12.1 Å². The SMILES string of the molecule is Cl.NC1(c2noc(CNC(=O)NCc3ccc(F)cc3)n2)CCC1. The minimum absolute atomic E-state index is 0. The number of amides is 2. The summed E-state index contributed by atoms with van der Waals surface area (Å²) in [5.74, 6) is 0.496. The van der Waals surface area contributed by atoms with E-state index in [0.717, 1.165) is 24.8 Å². The van der Waals surface area contributed by atoms with E-state index in [1.54, 1.807) is 12.1 Å². The zero-order valence-corrected chi connectivity index (χ0v) is 13.7. The van der Waals surface area contributed by atoms with Gasteiger partial charge in [0.25, 0.3) is 0 Å². The van der Waals surface area contributed by atoms with Crippen LogP contribution in [0.3, 0.4) is 0 Å². The number of carbonyl (C=O) groups excluding carboxylic acids is 1. The second-order valence-corrected chi connectivity index (χ2v) is 5.68. The normalized spacial score (nSPS) is 15.1. The van der Waals surface area contributed by atoms with Gasteiger partial charge in [-0.05, 0) is 37.0 Å². The van der Waals surface area contributed by atoms with Gasteiger partial charge < -0.3 is 20.9 Å². The molecule has 1 aromatic carbocycles. The van der Waals surface area contributed by atoms with Gasteiger partial charge in [-0.15, -0.1) is 12.4 Å². The number of halogens is 2. The van der Waals surface area contributed by atoms with Gasteiger partial charge in [0, 0.05) is 6.54 Å². The van der Waals surface area contributed by atoms with Crippen molar-refractivity contribution in [1.29, 1.82) is 0 Å². The molecule has 1 aliphatic rings. The quantitative estimate of drug-likeness (QED) is 0.760. The Morgan fingerprint density at radius 2 is 1.92 bits per heavy atom. The van der Waals surface area contributed by atoms with E-state index in [9.17, 15) is 9.18 Å². The van der Waals surface area contributed by atoms with E-state index < -0.39 is 5.54 Å². The Hall–Kier alpha value is -2.19. The number of benzene rings is 1. The van der Waals surface area contributed by atoms with Crippen molar-refractivity contribution in [2.45, 2.75) is 37.9 Å². The largest absolute Gasteiger partial charge is 0.337 e. The molecule has 1 heterocycles. The molecule has 2 aromatic rings. The van der Waals surface area contributed by atoms with Crippen LogP contribution in [0.2, 0.25) is 0 Å². The molecule has 3 rings (SSSR count). The van der Waals surface area contributed by atoms with Gasteiger partial charge in [-0.1, -0.05) is 17.3 Å². The topological polar surface area (TPSA) is 106 Å². The molecule has 2 amide bonds. The van der Waals surface area contributed by atoms with Crippen LogP contribution in [0.1, 0.15) is 36.5 Å². The van der Waals surface area contributed by atoms with Crippen LogP contribution in [0.4, 0.5) is 9.18 Å². The van der Waals surface area contributed by atoms with Gasteiger partial charge in [0.05, 0.1) is 12.1 Å². The predicted octanol–water partition coefficient (Wildman–Crippen LogP) is 1.97. The zero-order chi connectivity index (χ0) is 16.3. The molecule has 0 aliphatic heterocycles. The average molecular weight is 356 g/mol. The first kappa shape index (κ1) is 18.2. The van der Waals surface area contributed by atoms with Gasteiger partial charge in [-0.3, -0.25) is 0 Å². The Morgan fingerprint density at radius 1 is 1.25 bits per heavy atom. The molecule has 0 bridgehead atoms. The highest BCUT2D eigenvalue weighted by Crippen LogP contribution is 2.36. The number of aromatic nitrogens is 2. The van der Waals surface area contributed by atoms with Crippen molar-refractivity contribution in [3.63, 3.8) is 0 Å². The van der Waals surface area contributed by atoms with Crippen molar-refractivity contribution >= 4 is 18.4 Å². The van der Waals surface area contributed by atoms with Crippen LogP contribution in [0.15, 0.2) is 28.8 Å². The Labute approximate surface area is 144 Å². The molecule has 4 N–H and O–H groups in total. The molecule has 0 radical (unpaired) electrons. The molecule has 1 saturated carbocycles. The Bertz CT molecular complexity index is 687. The summed E-state index contributed by atoms with van der Waals surface area (Å²) in [6, 6.07) is 5.54. The molecule has 130 valence electrons. The Kier molecular flexibility index (Phi) is 5.74. The van der Waals surface area contributed by atoms with Crippen LogP contribution >= 0.6 is 12.4 Å². The van der Waals surface area contributed by atoms with E-state index >= 15 is 0 Å². The third-order valence-corrected chi connectivity index (χ3v) is 3.93. The van der Waals surface area contributed by atoms with E-state index in [0.29, 0.717) is 18.3 Å². The molecule has 1 fully saturated rings. The lowest BCUT2D eigenvalue weighted by atomic mass is 9.77. The first-order valence-electron chi connectivity index (χ1n) is 7.43. The summed E-state index contributed by atoms with van der Waals surface area (Å²) in [4.78, 5) is 15.9. The van der Waals surface area contributed by atoms with Crippen LogP contribution in [0.25, 0.3) is 0 Å². The fourth-order valence-corrected chi connectivity index (χ4v) is 2.31. The number of nitrogens with one attached hydrogen (secondary N) is 2. The van der Waals surface area contributed by atoms with E-state index in [4.69, 9.17) is 10.3 Å². The molecular formula is C15H19ClFN5O2. The van der Waals surface area contributed by atoms with Crippen molar-refractivity contribution in [3.8, 4) is 0 Å². The van der Waals surface area contributed by atoms with Crippen LogP contribution in [-0.2, 0) is 18.6 Å². The standard InChI is InChI=1S/C15H18FN5O2.ClH/c16-11-4-2-10(3-5-11)8-18-14(22)19-9-12-20-13(21-23-12)15(17)6-1-7-15;/h2-5H,1,6-9,17H2,(H2,18,19,22);1H. The zero-order valence-electron chi connectivity index (χ0n) is 12.9. The van der Waals surface area contributed by atoms with E-state index in [-0.39, 0.29) is 30.8 Å². The third kappa shape index (κ3) is 4.21. The van der Waals surface area contributed by atoms with Gasteiger partial charge in [-0.2, -0.15) is 4.98 Å². The summed E-state index contributed by atoms with van der Waals surface area (Å²) in [7, 11) is 0. The van der Waals surface area contributed by atoms with Crippen molar-refractivity contribution in [2.24, 2.45) is 5.73 Å². The lowest BCUT2D eigenvalue weighted by Crippen LogP contribution is -2.44. The maximum atomic E-state index is 12.8. The minimum atomic E-state index is -0.480. The Morgan fingerprint density at radius 3 is 2.54 bits per heavy atom. The number of carbonyl (C=O) groups is 1. The molecule has 0 unspecified atom stereocenters. The average Bonchev–Trinajstić information content (AvgIpc) is 2.99. The number of nitrogens with two attached hydrogens (primary N) is 1. The summed E-state index contributed by atoms with van der Waals surface area (Å²) in [5.41, 5.74) is 6.43. The van der Waals surface area contributed by atoms with Crippen molar-refractivity contribution < 1.29 is 13.7 Å². The maximum Gasteiger partial charge on any atom is 0.315 e. The van der Waals surface area contributed by atoms with Gasteiger partial charge in [-0.25, -0.2) is 9.18 Å². The maximum absolute atomic E-state index is 12.8. The fourth-order valence-electron chi connectivity index (χ4n) is 2.31. The first-order valence-corrected chi connectivity index (χ1v) is 7.43. The van der Waals surface area contributed by atoms with Gasteiger partial charge in [0.2, 0.25) is 5.89 Å². The lowest BCUT2D eigenvalue weighted by molar-refractivity contribution is 0.228. The summed E-state index contributed by atoms with van der Waals surface area (Å²) in [5, 5.41) is 9.15. The van der Waals surface area contributed by atoms with Gasteiger partial charge in [0.15, 0.2) is 5.82 Å². The van der Waals surface area contributed by atoms with Crippen LogP contribution in [-0.4, -0.2) is 16.2 Å². The summed E-state index contributed by atoms with van der Waals surface area (Å²) in [6.45, 7) is 0.422. The Balaban J connectivity index is 0.00000208. The molecule has 0 spiro atoms. The predicted molar refractivity (Wildman–Crippen MR) is 86.7 cm³/mol. The monoisotopic (exact) mass is 355 g/mol. The molecule has 9 heteroatoms. The highest BCUT2D eigenvalue weighted by molar-refractivity contribution is 5.85. The molecule has 0 atom stereocenters. The summed E-state index contributed by atoms with van der Waals surface area (Å²) < 4.78 is 17.9. The molecule has 24 heavy (non-hydrogen) atoms. The lowest BCUT2D eigenvalue weighted by Gasteiger charge is -2.34. The fraction of sp³-hybridized carbons (Fsp3) is 0.400. The second kappa shape index (κ2) is 7.59. The number of nitrogens with zero attached hydrogens (tertiary/aromatic N) is 2. The number of urea groups is 1. The molecule has 0 saturated heterocycles. The summed E-state index contributed by atoms with van der Waals surface area (Å²) >= 11 is 0. The molecular weight excluding hydrogens is 337 g/mol. The molecule has 1 aliphatic carbocycles. The van der Waals surface area contributed by atoms with Crippen molar-refractivity contribution in [1.82, 2.24) is 20.8 Å². The molecule has 7 nitrogen and oxygen atoms in total. The number of hydrogen-bond donors (Lipinski definition) is 3. The van der Waals surface area contributed by atoms with Crippen molar-refractivity contribution in [2.75, 3.05) is 0 Å². The number of rotatable bonds is 5. The molecule has 1 aromatic heterocycles. The highest BCUT2D eigenvalue weighted by Gasteiger charge is 2.38. The minimum Gasteiger partial charge on any atom is -0.337 e. The highest BCUT2D eigenvalue weighted by atomic mass is 35.5. The smallest absolute Gasteiger partial charge is 0.315 e. The summed E-state index contributed by atoms with van der Waals surface area (Å²) in [6.07, 6.45) is 2.75. The first-order chi connectivity index (χ1) is 11.0.